The predicted molar refractivity (Wildman–Crippen MR) is 87.5 cm³/mol. The zero-order valence-electron chi connectivity index (χ0n) is 11.6. The molecule has 0 unspecified atom stereocenters. The van der Waals surface area contributed by atoms with E-state index in [9.17, 15) is 4.79 Å². The number of fused-ring (bicyclic) bond motifs is 1. The molecule has 1 heterocycles. The zero-order valence-corrected chi connectivity index (χ0v) is 12.4. The van der Waals surface area contributed by atoms with Gasteiger partial charge in [0.1, 0.15) is 0 Å². The summed E-state index contributed by atoms with van der Waals surface area (Å²) in [7, 11) is 0. The van der Waals surface area contributed by atoms with Crippen LogP contribution in [0.1, 0.15) is 5.56 Å². The van der Waals surface area contributed by atoms with Crippen LogP contribution in [0.25, 0.3) is 0 Å². The van der Waals surface area contributed by atoms with Gasteiger partial charge in [-0.2, -0.15) is 0 Å². The molecular formula is C16H17N3OS. The molecule has 0 fully saturated rings. The first kappa shape index (κ1) is 14.0. The van der Waals surface area contributed by atoms with Crippen molar-refractivity contribution in [3.63, 3.8) is 0 Å². The molecule has 0 aliphatic carbocycles. The van der Waals surface area contributed by atoms with E-state index in [2.05, 4.69) is 22.3 Å². The maximum absolute atomic E-state index is 12.2. The van der Waals surface area contributed by atoms with Gasteiger partial charge in [0, 0.05) is 22.8 Å². The Hall–Kier alpha value is -1.98. The summed E-state index contributed by atoms with van der Waals surface area (Å²) in [4.78, 5) is 15.2. The van der Waals surface area contributed by atoms with E-state index in [0.29, 0.717) is 6.54 Å². The van der Waals surface area contributed by atoms with E-state index in [1.807, 2.05) is 36.4 Å². The number of benzene rings is 2. The van der Waals surface area contributed by atoms with E-state index in [1.54, 1.807) is 0 Å². The van der Waals surface area contributed by atoms with Crippen LogP contribution >= 0.6 is 11.9 Å². The molecule has 5 heteroatoms. The molecule has 1 amide bonds. The smallest absolute Gasteiger partial charge is 0.243 e. The topological polar surface area (TPSA) is 58.4 Å². The van der Waals surface area contributed by atoms with Gasteiger partial charge in [-0.1, -0.05) is 18.2 Å². The minimum Gasteiger partial charge on any atom is -0.362 e. The molecule has 3 N–H and O–H groups in total. The molecule has 0 bridgehead atoms. The summed E-state index contributed by atoms with van der Waals surface area (Å²) in [6.45, 7) is 1.28. The highest BCUT2D eigenvalue weighted by molar-refractivity contribution is 7.97. The molecule has 0 spiro atoms. The van der Waals surface area contributed by atoms with Crippen LogP contribution in [-0.4, -0.2) is 19.0 Å². The SMILES string of the molecule is NSc1ccc(NC(=O)CN2CCc3ccccc32)cc1. The van der Waals surface area contributed by atoms with E-state index >= 15 is 0 Å². The van der Waals surface area contributed by atoms with Crippen LogP contribution in [0.5, 0.6) is 0 Å². The summed E-state index contributed by atoms with van der Waals surface area (Å²) in [5.41, 5.74) is 3.28. The molecule has 108 valence electrons. The number of anilines is 2. The number of hydrogen-bond donors (Lipinski definition) is 2. The molecule has 0 atom stereocenters. The first-order valence-corrected chi connectivity index (χ1v) is 7.74. The minimum absolute atomic E-state index is 0.000135. The number of nitrogens with two attached hydrogens (primary N) is 1. The standard InChI is InChI=1S/C16H17N3OS/c17-21-14-7-5-13(6-8-14)18-16(20)11-19-10-9-12-3-1-2-4-15(12)19/h1-8H,9-11,17H2,(H,18,20). The molecule has 0 saturated heterocycles. The van der Waals surface area contributed by atoms with Crippen molar-refractivity contribution in [2.75, 3.05) is 23.3 Å². The van der Waals surface area contributed by atoms with Crippen molar-refractivity contribution in [1.29, 1.82) is 0 Å². The summed E-state index contributed by atoms with van der Waals surface area (Å²) in [5.74, 6) is -0.000135. The van der Waals surface area contributed by atoms with Crippen molar-refractivity contribution >= 4 is 29.2 Å². The van der Waals surface area contributed by atoms with Crippen LogP contribution in [0, 0.1) is 0 Å². The highest BCUT2D eigenvalue weighted by Gasteiger charge is 2.20. The lowest BCUT2D eigenvalue weighted by molar-refractivity contribution is -0.115. The summed E-state index contributed by atoms with van der Waals surface area (Å²) < 4.78 is 0. The summed E-state index contributed by atoms with van der Waals surface area (Å²) in [6.07, 6.45) is 1.01. The third-order valence-corrected chi connectivity index (χ3v) is 4.14. The number of hydrogen-bond acceptors (Lipinski definition) is 4. The molecule has 1 aliphatic heterocycles. The van der Waals surface area contributed by atoms with Gasteiger partial charge in [0.2, 0.25) is 5.91 Å². The van der Waals surface area contributed by atoms with Gasteiger partial charge in [-0.15, -0.1) is 0 Å². The van der Waals surface area contributed by atoms with Gasteiger partial charge in [0.15, 0.2) is 0 Å². The number of nitrogens with one attached hydrogen (secondary N) is 1. The number of carbonyl (C=O) groups excluding carboxylic acids is 1. The molecule has 3 rings (SSSR count). The summed E-state index contributed by atoms with van der Waals surface area (Å²) in [6, 6.07) is 15.8. The molecule has 0 radical (unpaired) electrons. The summed E-state index contributed by atoms with van der Waals surface area (Å²) >= 11 is 1.19. The molecule has 0 saturated carbocycles. The first-order chi connectivity index (χ1) is 10.3. The van der Waals surface area contributed by atoms with Crippen LogP contribution in [0.4, 0.5) is 11.4 Å². The van der Waals surface area contributed by atoms with Crippen molar-refractivity contribution in [2.45, 2.75) is 11.3 Å². The van der Waals surface area contributed by atoms with Gasteiger partial charge in [0.05, 0.1) is 6.54 Å². The van der Waals surface area contributed by atoms with Crippen LogP contribution in [0.3, 0.4) is 0 Å². The van der Waals surface area contributed by atoms with E-state index < -0.39 is 0 Å². The van der Waals surface area contributed by atoms with Gasteiger partial charge >= 0.3 is 0 Å². The molecule has 1 aliphatic rings. The third-order valence-electron chi connectivity index (χ3n) is 3.59. The van der Waals surface area contributed by atoms with E-state index in [0.717, 1.165) is 23.5 Å². The average molecular weight is 299 g/mol. The maximum atomic E-state index is 12.2. The normalized spacial score (nSPS) is 13.1. The highest BCUT2D eigenvalue weighted by Crippen LogP contribution is 2.27. The Kier molecular flexibility index (Phi) is 4.13. The molecule has 2 aromatic carbocycles. The number of rotatable bonds is 4. The molecule has 0 aromatic heterocycles. The Bertz CT molecular complexity index is 642. The lowest BCUT2D eigenvalue weighted by Gasteiger charge is -2.18. The first-order valence-electron chi connectivity index (χ1n) is 6.86. The largest absolute Gasteiger partial charge is 0.362 e. The minimum atomic E-state index is -0.000135. The molecular weight excluding hydrogens is 282 g/mol. The van der Waals surface area contributed by atoms with Crippen molar-refractivity contribution in [3.8, 4) is 0 Å². The predicted octanol–water partition coefficient (Wildman–Crippen LogP) is 2.65. The Balaban J connectivity index is 1.62. The lowest BCUT2D eigenvalue weighted by Crippen LogP contribution is -2.31. The highest BCUT2D eigenvalue weighted by atomic mass is 32.2. The second kappa shape index (κ2) is 6.20. The summed E-state index contributed by atoms with van der Waals surface area (Å²) in [5, 5.41) is 8.40. The van der Waals surface area contributed by atoms with E-state index in [4.69, 9.17) is 5.14 Å². The van der Waals surface area contributed by atoms with E-state index in [-0.39, 0.29) is 5.91 Å². The van der Waals surface area contributed by atoms with Crippen molar-refractivity contribution in [1.82, 2.24) is 0 Å². The van der Waals surface area contributed by atoms with Crippen LogP contribution in [0.2, 0.25) is 0 Å². The third kappa shape index (κ3) is 3.20. The Labute approximate surface area is 128 Å². The van der Waals surface area contributed by atoms with Crippen LogP contribution in [0.15, 0.2) is 53.4 Å². The number of nitrogens with zero attached hydrogens (tertiary/aromatic N) is 1. The second-order valence-corrected chi connectivity index (χ2v) is 5.70. The second-order valence-electron chi connectivity index (χ2n) is 4.99. The Morgan fingerprint density at radius 1 is 1.19 bits per heavy atom. The van der Waals surface area contributed by atoms with Gasteiger partial charge in [-0.3, -0.25) is 9.93 Å². The van der Waals surface area contributed by atoms with Gasteiger partial charge in [-0.25, -0.2) is 0 Å². The maximum Gasteiger partial charge on any atom is 0.243 e. The van der Waals surface area contributed by atoms with Crippen LogP contribution in [-0.2, 0) is 11.2 Å². The fourth-order valence-electron chi connectivity index (χ4n) is 2.56. The van der Waals surface area contributed by atoms with Crippen molar-refractivity contribution < 1.29 is 4.79 Å². The monoisotopic (exact) mass is 299 g/mol. The average Bonchev–Trinajstić information content (AvgIpc) is 2.91. The molecule has 4 nitrogen and oxygen atoms in total. The van der Waals surface area contributed by atoms with Crippen molar-refractivity contribution in [2.24, 2.45) is 5.14 Å². The Morgan fingerprint density at radius 2 is 1.95 bits per heavy atom. The zero-order chi connectivity index (χ0) is 14.7. The van der Waals surface area contributed by atoms with Gasteiger partial charge in [-0.05, 0) is 54.3 Å². The number of carbonyl (C=O) groups is 1. The number of para-hydroxylation sites is 1. The lowest BCUT2D eigenvalue weighted by atomic mass is 10.2. The van der Waals surface area contributed by atoms with Gasteiger partial charge < -0.3 is 10.2 Å². The number of amides is 1. The molecule has 2 aromatic rings. The molecule has 21 heavy (non-hydrogen) atoms. The van der Waals surface area contributed by atoms with Crippen LogP contribution < -0.4 is 15.4 Å². The van der Waals surface area contributed by atoms with Crippen molar-refractivity contribution in [3.05, 3.63) is 54.1 Å². The van der Waals surface area contributed by atoms with E-state index in [1.165, 1.54) is 23.2 Å². The Morgan fingerprint density at radius 3 is 2.71 bits per heavy atom. The fraction of sp³-hybridized carbons (Fsp3) is 0.188. The quantitative estimate of drug-likeness (QED) is 0.852. The van der Waals surface area contributed by atoms with Gasteiger partial charge in [0.25, 0.3) is 0 Å². The fourth-order valence-corrected chi connectivity index (χ4v) is 2.85.